The number of rotatable bonds is 10. The summed E-state index contributed by atoms with van der Waals surface area (Å²) < 4.78 is 0. The first-order valence-corrected chi connectivity index (χ1v) is 9.99. The van der Waals surface area contributed by atoms with Gasteiger partial charge in [-0.2, -0.15) is 0 Å². The van der Waals surface area contributed by atoms with E-state index in [1.807, 2.05) is 17.2 Å². The lowest BCUT2D eigenvalue weighted by Gasteiger charge is -2.29. The maximum Gasteiger partial charge on any atom is 0.188 e. The molecule has 0 unspecified atom stereocenters. The van der Waals surface area contributed by atoms with Gasteiger partial charge in [-0.15, -0.1) is 11.3 Å². The monoisotopic (exact) mass is 382 g/mol. The summed E-state index contributed by atoms with van der Waals surface area (Å²) in [6.07, 6.45) is 5.37. The molecule has 0 bridgehead atoms. The number of aromatic nitrogens is 2. The number of aryl methyl sites for hydroxylation is 1. The molecule has 0 spiro atoms. The smallest absolute Gasteiger partial charge is 0.188 e. The summed E-state index contributed by atoms with van der Waals surface area (Å²) in [5, 5.41) is 10.0. The van der Waals surface area contributed by atoms with Crippen molar-refractivity contribution < 1.29 is 0 Å². The number of nitrogens with one attached hydrogen (secondary N) is 2. The molecular weight excluding hydrogens is 356 g/mol. The molecule has 0 radical (unpaired) electrons. The van der Waals surface area contributed by atoms with E-state index in [4.69, 9.17) is 11.1 Å². The Labute approximate surface area is 164 Å². The zero-order valence-corrected chi connectivity index (χ0v) is 16.2. The van der Waals surface area contributed by atoms with E-state index in [-0.39, 0.29) is 5.96 Å². The van der Waals surface area contributed by atoms with Crippen molar-refractivity contribution in [3.63, 3.8) is 0 Å². The van der Waals surface area contributed by atoms with E-state index in [9.17, 15) is 0 Å². The predicted molar refractivity (Wildman–Crippen MR) is 112 cm³/mol. The highest BCUT2D eigenvalue weighted by atomic mass is 32.1. The number of thiophene rings is 1. The first-order valence-electron chi connectivity index (χ1n) is 9.11. The Kier molecular flexibility index (Phi) is 6.87. The number of aromatic amines is 1. The molecule has 3 rings (SSSR count). The van der Waals surface area contributed by atoms with Crippen molar-refractivity contribution in [3.05, 3.63) is 70.9 Å². The van der Waals surface area contributed by atoms with Gasteiger partial charge in [0.05, 0.1) is 12.9 Å². The Balaban J connectivity index is 1.58. The Morgan fingerprint density at radius 1 is 1.11 bits per heavy atom. The number of benzene rings is 1. The highest BCUT2D eigenvalue weighted by Crippen LogP contribution is 2.19. The fraction of sp³-hybridized carbons (Fsp3) is 0.300. The molecule has 0 fully saturated rings. The first kappa shape index (κ1) is 19.0. The van der Waals surface area contributed by atoms with Gasteiger partial charge in [-0.1, -0.05) is 24.3 Å². The van der Waals surface area contributed by atoms with Crippen LogP contribution in [-0.2, 0) is 13.0 Å². The molecule has 7 heteroatoms. The minimum Gasteiger partial charge on any atom is -0.370 e. The number of hydrogen-bond acceptors (Lipinski definition) is 4. The Hall–Kier alpha value is -2.80. The maximum atomic E-state index is 7.92. The number of imidazole rings is 1. The number of hydrogen-bond donors (Lipinski definition) is 3. The number of nitrogens with two attached hydrogens (primary N) is 1. The first-order chi connectivity index (χ1) is 13.2. The molecule has 0 saturated carbocycles. The minimum atomic E-state index is 0.128. The molecule has 0 aliphatic carbocycles. The lowest BCUT2D eigenvalue weighted by atomic mass is 10.2. The van der Waals surface area contributed by atoms with Crippen LogP contribution in [0.15, 0.2) is 60.4 Å². The minimum absolute atomic E-state index is 0.128. The summed E-state index contributed by atoms with van der Waals surface area (Å²) in [4.78, 5) is 12.8. The Morgan fingerprint density at radius 3 is 2.63 bits per heavy atom. The highest BCUT2D eigenvalue weighted by Gasteiger charge is 2.12. The molecule has 1 aromatic carbocycles. The van der Waals surface area contributed by atoms with Gasteiger partial charge in [0.15, 0.2) is 5.96 Å². The van der Waals surface area contributed by atoms with Crippen LogP contribution >= 0.6 is 11.3 Å². The van der Waals surface area contributed by atoms with Crippen LogP contribution in [0.1, 0.15) is 17.0 Å². The van der Waals surface area contributed by atoms with Gasteiger partial charge < -0.3 is 20.5 Å². The van der Waals surface area contributed by atoms with Crippen molar-refractivity contribution in [3.8, 4) is 0 Å². The molecule has 6 nitrogen and oxygen atoms in total. The van der Waals surface area contributed by atoms with Crippen molar-refractivity contribution in [2.75, 3.05) is 24.5 Å². The van der Waals surface area contributed by atoms with Crippen LogP contribution in [0, 0.1) is 5.41 Å². The molecule has 0 atom stereocenters. The zero-order chi connectivity index (χ0) is 18.9. The largest absolute Gasteiger partial charge is 0.370 e. The van der Waals surface area contributed by atoms with Gasteiger partial charge in [0.2, 0.25) is 0 Å². The molecule has 0 aliphatic rings. The van der Waals surface area contributed by atoms with Crippen LogP contribution in [0.5, 0.6) is 0 Å². The third-order valence-corrected chi connectivity index (χ3v) is 5.32. The summed E-state index contributed by atoms with van der Waals surface area (Å²) in [6, 6.07) is 14.7. The van der Waals surface area contributed by atoms with Crippen molar-refractivity contribution in [2.45, 2.75) is 19.4 Å². The summed E-state index contributed by atoms with van der Waals surface area (Å²) >= 11 is 1.77. The second-order valence-electron chi connectivity index (χ2n) is 6.39. The van der Waals surface area contributed by atoms with Gasteiger partial charge in [-0.25, -0.2) is 4.98 Å². The lowest BCUT2D eigenvalue weighted by Crippen LogP contribution is -2.42. The molecule has 4 N–H and O–H groups in total. The highest BCUT2D eigenvalue weighted by molar-refractivity contribution is 7.09. The topological polar surface area (TPSA) is 85.0 Å². The van der Waals surface area contributed by atoms with Gasteiger partial charge >= 0.3 is 0 Å². The van der Waals surface area contributed by atoms with E-state index in [2.05, 4.69) is 56.6 Å². The second-order valence-corrected chi connectivity index (χ2v) is 7.42. The average molecular weight is 383 g/mol. The van der Waals surface area contributed by atoms with Gasteiger partial charge in [0.25, 0.3) is 0 Å². The standard InChI is InChI=1S/C20H26N6S/c21-20(22)25(10-4-6-17-14-23-16-24-17)11-12-26(15-19-9-5-13-27-19)18-7-2-1-3-8-18/h1-3,5,7-9,13-14,16H,4,6,10-12,15H2,(H3,21,22)(H,23,24). The van der Waals surface area contributed by atoms with Crippen LogP contribution < -0.4 is 10.6 Å². The van der Waals surface area contributed by atoms with Gasteiger partial charge in [-0.3, -0.25) is 5.41 Å². The van der Waals surface area contributed by atoms with Crippen LogP contribution in [0.4, 0.5) is 5.69 Å². The van der Waals surface area contributed by atoms with Gasteiger partial charge in [0.1, 0.15) is 0 Å². The number of anilines is 1. The SMILES string of the molecule is N=C(N)N(CCCc1cnc[nH]1)CCN(Cc1cccs1)c1ccccc1. The molecule has 3 aromatic rings. The average Bonchev–Trinajstić information content (AvgIpc) is 3.38. The molecular formula is C20H26N6S. The van der Waals surface area contributed by atoms with Crippen molar-refractivity contribution in [1.29, 1.82) is 5.41 Å². The molecule has 0 aliphatic heterocycles. The normalized spacial score (nSPS) is 10.7. The fourth-order valence-electron chi connectivity index (χ4n) is 3.00. The van der Waals surface area contributed by atoms with E-state index in [0.29, 0.717) is 0 Å². The Morgan fingerprint density at radius 2 is 1.96 bits per heavy atom. The summed E-state index contributed by atoms with van der Waals surface area (Å²) in [6.45, 7) is 3.15. The fourth-order valence-corrected chi connectivity index (χ4v) is 3.72. The number of H-pyrrole nitrogens is 1. The number of guanidine groups is 1. The molecule has 142 valence electrons. The lowest BCUT2D eigenvalue weighted by molar-refractivity contribution is 0.406. The quantitative estimate of drug-likeness (QED) is 0.371. The maximum absolute atomic E-state index is 7.92. The van der Waals surface area contributed by atoms with E-state index < -0.39 is 0 Å². The zero-order valence-electron chi connectivity index (χ0n) is 15.3. The number of para-hydroxylation sites is 1. The molecule has 2 heterocycles. The van der Waals surface area contributed by atoms with Crippen LogP contribution in [0.3, 0.4) is 0 Å². The summed E-state index contributed by atoms with van der Waals surface area (Å²) in [5.74, 6) is 0.128. The Bertz CT molecular complexity index is 785. The van der Waals surface area contributed by atoms with E-state index in [1.165, 1.54) is 10.6 Å². The second kappa shape index (κ2) is 9.78. The van der Waals surface area contributed by atoms with Crippen molar-refractivity contribution in [1.82, 2.24) is 14.9 Å². The van der Waals surface area contributed by atoms with Crippen molar-refractivity contribution >= 4 is 23.0 Å². The summed E-state index contributed by atoms with van der Waals surface area (Å²) in [7, 11) is 0. The van der Waals surface area contributed by atoms with Gasteiger partial charge in [0, 0.05) is 42.1 Å². The van der Waals surface area contributed by atoms with Crippen LogP contribution in [0.25, 0.3) is 0 Å². The van der Waals surface area contributed by atoms with Gasteiger partial charge in [-0.05, 0) is 36.4 Å². The third kappa shape index (κ3) is 5.86. The predicted octanol–water partition coefficient (Wildman–Crippen LogP) is 3.31. The number of nitrogens with zero attached hydrogens (tertiary/aromatic N) is 3. The molecule has 2 aromatic heterocycles. The van der Waals surface area contributed by atoms with E-state index in [1.54, 1.807) is 17.7 Å². The van der Waals surface area contributed by atoms with Crippen LogP contribution in [-0.4, -0.2) is 40.5 Å². The molecule has 0 saturated heterocycles. The van der Waals surface area contributed by atoms with Crippen molar-refractivity contribution in [2.24, 2.45) is 5.73 Å². The van der Waals surface area contributed by atoms with Crippen LogP contribution in [0.2, 0.25) is 0 Å². The van der Waals surface area contributed by atoms with E-state index >= 15 is 0 Å². The van der Waals surface area contributed by atoms with E-state index in [0.717, 1.165) is 44.7 Å². The molecule has 0 amide bonds. The summed E-state index contributed by atoms with van der Waals surface area (Å²) in [5.41, 5.74) is 8.13. The third-order valence-electron chi connectivity index (χ3n) is 4.46. The molecule has 27 heavy (non-hydrogen) atoms.